The Kier molecular flexibility index (Phi) is 4.54. The zero-order valence-corrected chi connectivity index (χ0v) is 15.6. The molecule has 0 fully saturated rings. The number of nitrogens with zero attached hydrogens (tertiary/aromatic N) is 2. The van der Waals surface area contributed by atoms with Crippen molar-refractivity contribution in [2.45, 2.75) is 13.3 Å². The van der Waals surface area contributed by atoms with Crippen LogP contribution in [0.1, 0.15) is 10.4 Å². The van der Waals surface area contributed by atoms with Crippen LogP contribution in [0.5, 0.6) is 0 Å². The van der Waals surface area contributed by atoms with E-state index in [0.29, 0.717) is 18.1 Å². The third-order valence-electron chi connectivity index (χ3n) is 3.77. The molecule has 0 unspecified atom stereocenters. The number of alkyl halides is 1. The van der Waals surface area contributed by atoms with Crippen LogP contribution in [0.3, 0.4) is 0 Å². The lowest BCUT2D eigenvalue weighted by molar-refractivity contribution is -0.113. The van der Waals surface area contributed by atoms with Crippen LogP contribution in [-0.4, -0.2) is 38.0 Å². The van der Waals surface area contributed by atoms with Crippen molar-refractivity contribution >= 4 is 49.7 Å². The number of sulfonamides is 1. The maximum absolute atomic E-state index is 11.8. The van der Waals surface area contributed by atoms with Crippen molar-refractivity contribution in [3.63, 3.8) is 0 Å². The second kappa shape index (κ2) is 6.34. The maximum atomic E-state index is 11.8. The Bertz CT molecular complexity index is 909. The fraction of sp³-hybridized carbons (Fsp3) is 0.333. The van der Waals surface area contributed by atoms with Crippen LogP contribution in [0.4, 0.5) is 10.8 Å². The van der Waals surface area contributed by atoms with Crippen LogP contribution >= 0.6 is 22.9 Å². The molecule has 1 amide bonds. The first-order valence-electron chi connectivity index (χ1n) is 7.24. The SMILES string of the molecule is Cc1sc(NC(=O)CCl)nc1-c1ccc2c(c1)CCN2S(C)(=O)=O. The first kappa shape index (κ1) is 17.2. The lowest BCUT2D eigenvalue weighted by Gasteiger charge is -2.16. The van der Waals surface area contributed by atoms with Crippen LogP contribution in [0.15, 0.2) is 18.2 Å². The number of anilines is 2. The number of rotatable bonds is 4. The zero-order valence-electron chi connectivity index (χ0n) is 13.2. The number of aryl methyl sites for hydroxylation is 1. The van der Waals surface area contributed by atoms with Crippen molar-refractivity contribution in [2.24, 2.45) is 0 Å². The molecule has 0 bridgehead atoms. The van der Waals surface area contributed by atoms with E-state index in [4.69, 9.17) is 11.6 Å². The van der Waals surface area contributed by atoms with Gasteiger partial charge in [0.2, 0.25) is 15.9 Å². The van der Waals surface area contributed by atoms with Gasteiger partial charge in [-0.3, -0.25) is 9.10 Å². The third kappa shape index (κ3) is 3.26. The number of halogens is 1. The number of amides is 1. The number of fused-ring (bicyclic) bond motifs is 1. The number of hydrogen-bond donors (Lipinski definition) is 1. The van der Waals surface area contributed by atoms with Gasteiger partial charge in [0.05, 0.1) is 17.6 Å². The number of thiazole rings is 1. The Morgan fingerprint density at radius 2 is 2.21 bits per heavy atom. The lowest BCUT2D eigenvalue weighted by Crippen LogP contribution is -2.27. The van der Waals surface area contributed by atoms with Crippen molar-refractivity contribution in [1.82, 2.24) is 4.98 Å². The Hall–Kier alpha value is -1.64. The molecule has 3 rings (SSSR count). The molecule has 1 aliphatic rings. The maximum Gasteiger partial charge on any atom is 0.241 e. The Morgan fingerprint density at radius 1 is 1.46 bits per heavy atom. The summed E-state index contributed by atoms with van der Waals surface area (Å²) in [6.45, 7) is 2.39. The summed E-state index contributed by atoms with van der Waals surface area (Å²) < 4.78 is 25.0. The van der Waals surface area contributed by atoms with Gasteiger partial charge in [-0.1, -0.05) is 6.07 Å². The summed E-state index contributed by atoms with van der Waals surface area (Å²) in [7, 11) is -3.25. The predicted molar refractivity (Wildman–Crippen MR) is 97.5 cm³/mol. The van der Waals surface area contributed by atoms with Gasteiger partial charge in [0.15, 0.2) is 5.13 Å². The van der Waals surface area contributed by atoms with Gasteiger partial charge in [0, 0.05) is 17.0 Å². The second-order valence-electron chi connectivity index (χ2n) is 5.53. The minimum Gasteiger partial charge on any atom is -0.301 e. The highest BCUT2D eigenvalue weighted by Gasteiger charge is 2.26. The molecule has 0 spiro atoms. The van der Waals surface area contributed by atoms with E-state index in [2.05, 4.69) is 10.3 Å². The van der Waals surface area contributed by atoms with E-state index in [1.165, 1.54) is 21.9 Å². The molecule has 2 aromatic rings. The van der Waals surface area contributed by atoms with Gasteiger partial charge in [0.1, 0.15) is 5.88 Å². The van der Waals surface area contributed by atoms with Crippen molar-refractivity contribution in [3.8, 4) is 11.3 Å². The standard InChI is InChI=1S/C15H16ClN3O3S2/c1-9-14(18-15(23-9)17-13(20)8-16)11-3-4-12-10(7-11)5-6-19(12)24(2,21)22/h3-4,7H,5-6,8H2,1-2H3,(H,17,18,20). The Balaban J connectivity index is 1.94. The van der Waals surface area contributed by atoms with E-state index < -0.39 is 10.0 Å². The summed E-state index contributed by atoms with van der Waals surface area (Å²) in [5, 5.41) is 3.16. The van der Waals surface area contributed by atoms with Gasteiger partial charge in [0.25, 0.3) is 0 Å². The molecule has 2 heterocycles. The molecule has 9 heteroatoms. The molecule has 128 valence electrons. The molecule has 0 radical (unpaired) electrons. The van der Waals surface area contributed by atoms with Crippen molar-refractivity contribution in [3.05, 3.63) is 28.6 Å². The number of carbonyl (C=O) groups is 1. The molecule has 0 saturated carbocycles. The molecule has 1 aromatic heterocycles. The molecule has 6 nitrogen and oxygen atoms in total. The highest BCUT2D eigenvalue weighted by Crippen LogP contribution is 2.36. The molecule has 1 aromatic carbocycles. The van der Waals surface area contributed by atoms with Crippen molar-refractivity contribution in [2.75, 3.05) is 28.3 Å². The molecule has 1 N–H and O–H groups in total. The molecule has 0 aliphatic carbocycles. The summed E-state index contributed by atoms with van der Waals surface area (Å²) in [5.41, 5.74) is 3.40. The van der Waals surface area contributed by atoms with Gasteiger partial charge >= 0.3 is 0 Å². The van der Waals surface area contributed by atoms with Crippen LogP contribution in [-0.2, 0) is 21.2 Å². The summed E-state index contributed by atoms with van der Waals surface area (Å²) in [6.07, 6.45) is 1.89. The zero-order chi connectivity index (χ0) is 17.5. The van der Waals surface area contributed by atoms with Gasteiger partial charge in [-0.15, -0.1) is 22.9 Å². The van der Waals surface area contributed by atoms with Crippen molar-refractivity contribution in [1.29, 1.82) is 0 Å². The summed E-state index contributed by atoms with van der Waals surface area (Å²) in [6, 6.07) is 5.64. The first-order chi connectivity index (χ1) is 11.3. The van der Waals surface area contributed by atoms with E-state index in [1.807, 2.05) is 25.1 Å². The minimum atomic E-state index is -3.25. The Labute approximate surface area is 149 Å². The average Bonchev–Trinajstić information content (AvgIpc) is 3.09. The lowest BCUT2D eigenvalue weighted by atomic mass is 10.1. The van der Waals surface area contributed by atoms with Gasteiger partial charge in [-0.25, -0.2) is 13.4 Å². The fourth-order valence-electron chi connectivity index (χ4n) is 2.73. The van der Waals surface area contributed by atoms with Crippen LogP contribution < -0.4 is 9.62 Å². The van der Waals surface area contributed by atoms with Crippen LogP contribution in [0.25, 0.3) is 11.3 Å². The van der Waals surface area contributed by atoms with E-state index in [0.717, 1.165) is 27.4 Å². The fourth-order valence-corrected chi connectivity index (χ4v) is 4.61. The third-order valence-corrected chi connectivity index (χ3v) is 6.08. The van der Waals surface area contributed by atoms with E-state index >= 15 is 0 Å². The number of nitrogens with one attached hydrogen (secondary N) is 1. The minimum absolute atomic E-state index is 0.117. The van der Waals surface area contributed by atoms with Gasteiger partial charge in [-0.2, -0.15) is 0 Å². The van der Waals surface area contributed by atoms with Crippen molar-refractivity contribution < 1.29 is 13.2 Å². The summed E-state index contributed by atoms with van der Waals surface area (Å²) >= 11 is 6.87. The summed E-state index contributed by atoms with van der Waals surface area (Å²) in [4.78, 5) is 16.8. The van der Waals surface area contributed by atoms with E-state index in [9.17, 15) is 13.2 Å². The number of hydrogen-bond acceptors (Lipinski definition) is 5. The molecule has 0 atom stereocenters. The normalized spacial score (nSPS) is 13.9. The van der Waals surface area contributed by atoms with E-state index in [-0.39, 0.29) is 11.8 Å². The smallest absolute Gasteiger partial charge is 0.241 e. The number of benzene rings is 1. The average molecular weight is 386 g/mol. The molecular formula is C15H16ClN3O3S2. The monoisotopic (exact) mass is 385 g/mol. The molecular weight excluding hydrogens is 370 g/mol. The van der Waals surface area contributed by atoms with Crippen LogP contribution in [0, 0.1) is 6.92 Å². The molecule has 0 saturated heterocycles. The molecule has 24 heavy (non-hydrogen) atoms. The first-order valence-corrected chi connectivity index (χ1v) is 10.4. The molecule has 1 aliphatic heterocycles. The van der Waals surface area contributed by atoms with Crippen LogP contribution in [0.2, 0.25) is 0 Å². The van der Waals surface area contributed by atoms with E-state index in [1.54, 1.807) is 0 Å². The number of aromatic nitrogens is 1. The Morgan fingerprint density at radius 3 is 2.88 bits per heavy atom. The highest BCUT2D eigenvalue weighted by molar-refractivity contribution is 7.92. The predicted octanol–water partition coefficient (Wildman–Crippen LogP) is 2.62. The van der Waals surface area contributed by atoms with Gasteiger partial charge in [-0.05, 0) is 31.0 Å². The highest BCUT2D eigenvalue weighted by atomic mass is 35.5. The quantitative estimate of drug-likeness (QED) is 0.820. The number of carbonyl (C=O) groups excluding carboxylic acids is 1. The second-order valence-corrected chi connectivity index (χ2v) is 8.91. The topological polar surface area (TPSA) is 79.4 Å². The summed E-state index contributed by atoms with van der Waals surface area (Å²) in [5.74, 6) is -0.413. The van der Waals surface area contributed by atoms with Gasteiger partial charge < -0.3 is 5.32 Å². The largest absolute Gasteiger partial charge is 0.301 e.